The van der Waals surface area contributed by atoms with Gasteiger partial charge in [-0.3, -0.25) is 0 Å². The highest BCUT2D eigenvalue weighted by molar-refractivity contribution is 7.99. The lowest BCUT2D eigenvalue weighted by atomic mass is 9.89. The van der Waals surface area contributed by atoms with E-state index < -0.39 is 0 Å². The third-order valence-corrected chi connectivity index (χ3v) is 5.66. The fraction of sp³-hybridized carbons (Fsp3) is 1.00. The Morgan fingerprint density at radius 2 is 2.06 bits per heavy atom. The van der Waals surface area contributed by atoms with Gasteiger partial charge >= 0.3 is 0 Å². The van der Waals surface area contributed by atoms with Gasteiger partial charge in [-0.15, -0.1) is 0 Å². The van der Waals surface area contributed by atoms with Gasteiger partial charge in [0, 0.05) is 17.8 Å². The first-order valence-electron chi connectivity index (χ1n) is 7.35. The van der Waals surface area contributed by atoms with Crippen molar-refractivity contribution in [2.75, 3.05) is 31.1 Å². The number of nitrogens with one attached hydrogen (secondary N) is 1. The maximum absolute atomic E-state index is 3.88. The molecule has 0 spiro atoms. The van der Waals surface area contributed by atoms with Crippen LogP contribution in [0, 0.1) is 5.92 Å². The molecule has 2 fully saturated rings. The zero-order valence-electron chi connectivity index (χ0n) is 11.5. The van der Waals surface area contributed by atoms with E-state index in [1.54, 1.807) is 0 Å². The van der Waals surface area contributed by atoms with Crippen molar-refractivity contribution in [3.05, 3.63) is 0 Å². The van der Waals surface area contributed by atoms with E-state index in [2.05, 4.69) is 35.8 Å². The number of rotatable bonds is 4. The second-order valence-corrected chi connectivity index (χ2v) is 6.79. The predicted molar refractivity (Wildman–Crippen MR) is 77.8 cm³/mol. The first-order chi connectivity index (χ1) is 8.29. The third-order valence-electron chi connectivity index (χ3n) is 4.45. The lowest BCUT2D eigenvalue weighted by molar-refractivity contribution is 0.164. The van der Waals surface area contributed by atoms with Crippen LogP contribution in [-0.4, -0.2) is 48.1 Å². The standard InChI is InChI=1S/C14H28N2S/c1-3-16-8-6-13(7-9-16)12(2)15-14-5-4-10-17-11-14/h12-15H,3-11H2,1-2H3. The van der Waals surface area contributed by atoms with E-state index in [0.29, 0.717) is 0 Å². The van der Waals surface area contributed by atoms with Gasteiger partial charge in [-0.2, -0.15) is 11.8 Å². The molecule has 2 saturated heterocycles. The van der Waals surface area contributed by atoms with Crippen molar-refractivity contribution in [2.45, 2.75) is 51.6 Å². The van der Waals surface area contributed by atoms with E-state index in [0.717, 1.165) is 18.0 Å². The zero-order valence-corrected chi connectivity index (χ0v) is 12.3. The Hall–Kier alpha value is 0.270. The van der Waals surface area contributed by atoms with Gasteiger partial charge in [-0.05, 0) is 63.9 Å². The van der Waals surface area contributed by atoms with E-state index >= 15 is 0 Å². The molecule has 0 aliphatic carbocycles. The predicted octanol–water partition coefficient (Wildman–Crippen LogP) is 2.59. The average Bonchev–Trinajstić information content (AvgIpc) is 2.40. The Labute approximate surface area is 111 Å². The first-order valence-corrected chi connectivity index (χ1v) is 8.51. The summed E-state index contributed by atoms with van der Waals surface area (Å²) in [7, 11) is 0. The lowest BCUT2D eigenvalue weighted by Crippen LogP contribution is -2.46. The van der Waals surface area contributed by atoms with Crippen molar-refractivity contribution in [3.63, 3.8) is 0 Å². The van der Waals surface area contributed by atoms with Crippen molar-refractivity contribution >= 4 is 11.8 Å². The summed E-state index contributed by atoms with van der Waals surface area (Å²) in [5.41, 5.74) is 0. The summed E-state index contributed by atoms with van der Waals surface area (Å²) in [5.74, 6) is 3.62. The molecule has 100 valence electrons. The van der Waals surface area contributed by atoms with Gasteiger partial charge in [-0.1, -0.05) is 6.92 Å². The van der Waals surface area contributed by atoms with E-state index in [1.807, 2.05) is 0 Å². The fourth-order valence-electron chi connectivity index (χ4n) is 3.15. The SMILES string of the molecule is CCN1CCC(C(C)NC2CCCSC2)CC1. The molecule has 2 nitrogen and oxygen atoms in total. The monoisotopic (exact) mass is 256 g/mol. The molecule has 2 atom stereocenters. The molecular formula is C14H28N2S. The van der Waals surface area contributed by atoms with Crippen molar-refractivity contribution in [3.8, 4) is 0 Å². The normalized spacial score (nSPS) is 30.4. The van der Waals surface area contributed by atoms with Crippen molar-refractivity contribution in [2.24, 2.45) is 5.92 Å². The minimum Gasteiger partial charge on any atom is -0.310 e. The maximum Gasteiger partial charge on any atom is 0.0161 e. The molecule has 2 aliphatic rings. The van der Waals surface area contributed by atoms with Crippen LogP contribution in [0.25, 0.3) is 0 Å². The van der Waals surface area contributed by atoms with Crippen LogP contribution in [0.15, 0.2) is 0 Å². The summed E-state index contributed by atoms with van der Waals surface area (Å²) in [4.78, 5) is 2.58. The Bertz CT molecular complexity index is 208. The van der Waals surface area contributed by atoms with Gasteiger partial charge in [0.2, 0.25) is 0 Å². The van der Waals surface area contributed by atoms with Crippen LogP contribution in [0.5, 0.6) is 0 Å². The van der Waals surface area contributed by atoms with E-state index in [9.17, 15) is 0 Å². The number of likely N-dealkylation sites (tertiary alicyclic amines) is 1. The molecule has 0 aromatic carbocycles. The van der Waals surface area contributed by atoms with Crippen molar-refractivity contribution in [1.82, 2.24) is 10.2 Å². The van der Waals surface area contributed by atoms with Crippen LogP contribution >= 0.6 is 11.8 Å². The van der Waals surface area contributed by atoms with Gasteiger partial charge in [0.1, 0.15) is 0 Å². The van der Waals surface area contributed by atoms with Gasteiger partial charge in [-0.25, -0.2) is 0 Å². The molecule has 2 heterocycles. The molecule has 0 saturated carbocycles. The molecule has 0 amide bonds. The number of nitrogens with zero attached hydrogens (tertiary/aromatic N) is 1. The molecular weight excluding hydrogens is 228 g/mol. The van der Waals surface area contributed by atoms with Crippen LogP contribution in [0.2, 0.25) is 0 Å². The molecule has 0 aromatic heterocycles. The largest absolute Gasteiger partial charge is 0.310 e. The highest BCUT2D eigenvalue weighted by atomic mass is 32.2. The van der Waals surface area contributed by atoms with Crippen LogP contribution in [0.3, 0.4) is 0 Å². The Balaban J connectivity index is 1.70. The molecule has 3 heteroatoms. The number of hydrogen-bond acceptors (Lipinski definition) is 3. The van der Waals surface area contributed by atoms with Crippen LogP contribution in [0.1, 0.15) is 39.5 Å². The average molecular weight is 256 g/mol. The molecule has 0 aromatic rings. The summed E-state index contributed by atoms with van der Waals surface area (Å²) in [6.07, 6.45) is 5.58. The molecule has 0 bridgehead atoms. The topological polar surface area (TPSA) is 15.3 Å². The minimum atomic E-state index is 0.720. The van der Waals surface area contributed by atoms with Gasteiger partial charge < -0.3 is 10.2 Å². The smallest absolute Gasteiger partial charge is 0.0161 e. The Kier molecular flexibility index (Phi) is 5.64. The highest BCUT2D eigenvalue weighted by Gasteiger charge is 2.25. The van der Waals surface area contributed by atoms with E-state index in [1.165, 1.54) is 56.8 Å². The van der Waals surface area contributed by atoms with E-state index in [-0.39, 0.29) is 0 Å². The second-order valence-electron chi connectivity index (χ2n) is 5.64. The minimum absolute atomic E-state index is 0.720. The summed E-state index contributed by atoms with van der Waals surface area (Å²) < 4.78 is 0. The van der Waals surface area contributed by atoms with Crippen LogP contribution in [0.4, 0.5) is 0 Å². The summed E-state index contributed by atoms with van der Waals surface area (Å²) in [5, 5.41) is 3.88. The quantitative estimate of drug-likeness (QED) is 0.832. The second kappa shape index (κ2) is 7.01. The molecule has 2 rings (SSSR count). The summed E-state index contributed by atoms with van der Waals surface area (Å²) in [6, 6.07) is 1.51. The number of piperidine rings is 1. The molecule has 2 unspecified atom stereocenters. The Morgan fingerprint density at radius 1 is 1.29 bits per heavy atom. The number of thioether (sulfide) groups is 1. The van der Waals surface area contributed by atoms with Crippen molar-refractivity contribution < 1.29 is 0 Å². The molecule has 0 radical (unpaired) electrons. The van der Waals surface area contributed by atoms with Gasteiger partial charge in [0.05, 0.1) is 0 Å². The first kappa shape index (κ1) is 13.7. The van der Waals surface area contributed by atoms with Gasteiger partial charge in [0.15, 0.2) is 0 Å². The van der Waals surface area contributed by atoms with Crippen molar-refractivity contribution in [1.29, 1.82) is 0 Å². The summed E-state index contributed by atoms with van der Waals surface area (Å²) in [6.45, 7) is 8.54. The fourth-order valence-corrected chi connectivity index (χ4v) is 4.23. The highest BCUT2D eigenvalue weighted by Crippen LogP contribution is 2.23. The van der Waals surface area contributed by atoms with Crippen LogP contribution in [-0.2, 0) is 0 Å². The number of hydrogen-bond donors (Lipinski definition) is 1. The lowest BCUT2D eigenvalue weighted by Gasteiger charge is -2.36. The maximum atomic E-state index is 3.88. The molecule has 1 N–H and O–H groups in total. The molecule has 17 heavy (non-hydrogen) atoms. The third kappa shape index (κ3) is 4.15. The molecule has 2 aliphatic heterocycles. The van der Waals surface area contributed by atoms with Gasteiger partial charge in [0.25, 0.3) is 0 Å². The zero-order chi connectivity index (χ0) is 12.1. The van der Waals surface area contributed by atoms with E-state index in [4.69, 9.17) is 0 Å². The summed E-state index contributed by atoms with van der Waals surface area (Å²) >= 11 is 2.12. The Morgan fingerprint density at radius 3 is 2.65 bits per heavy atom. The van der Waals surface area contributed by atoms with Crippen LogP contribution < -0.4 is 5.32 Å².